The number of halogens is 4. The lowest BCUT2D eigenvalue weighted by Gasteiger charge is -2.16. The van der Waals surface area contributed by atoms with Crippen LogP contribution in [0.15, 0.2) is 24.5 Å². The lowest BCUT2D eigenvalue weighted by Crippen LogP contribution is -2.14. The molecule has 1 saturated carbocycles. The molecule has 5 nitrogen and oxygen atoms in total. The normalized spacial score (nSPS) is 13.6. The van der Waals surface area contributed by atoms with Crippen LogP contribution in [0.3, 0.4) is 0 Å². The third-order valence-corrected chi connectivity index (χ3v) is 4.55. The van der Waals surface area contributed by atoms with Gasteiger partial charge in [-0.1, -0.05) is 23.2 Å². The van der Waals surface area contributed by atoms with E-state index in [4.69, 9.17) is 27.9 Å². The second-order valence-corrected chi connectivity index (χ2v) is 7.00. The number of anilines is 1. The van der Waals surface area contributed by atoms with Gasteiger partial charge in [0, 0.05) is 18.0 Å². The number of pyridine rings is 1. The Morgan fingerprint density at radius 1 is 1.30 bits per heavy atom. The van der Waals surface area contributed by atoms with E-state index in [1.54, 1.807) is 6.92 Å². The molecule has 1 aliphatic carbocycles. The summed E-state index contributed by atoms with van der Waals surface area (Å²) in [7, 11) is 0. The first kappa shape index (κ1) is 19.6. The van der Waals surface area contributed by atoms with Crippen molar-refractivity contribution in [2.75, 3.05) is 11.9 Å². The van der Waals surface area contributed by atoms with E-state index >= 15 is 0 Å². The molecular formula is C18H16Cl2F2N2O3. The molecule has 2 aromatic rings. The van der Waals surface area contributed by atoms with Crippen molar-refractivity contribution >= 4 is 34.8 Å². The number of amides is 1. The fourth-order valence-corrected chi connectivity index (χ4v) is 2.89. The number of aromatic nitrogens is 1. The van der Waals surface area contributed by atoms with Gasteiger partial charge in [-0.2, -0.15) is 8.78 Å². The topological polar surface area (TPSA) is 60.5 Å². The number of nitrogens with one attached hydrogen (secondary N) is 1. The van der Waals surface area contributed by atoms with E-state index in [2.05, 4.69) is 15.0 Å². The molecule has 144 valence electrons. The fourth-order valence-electron chi connectivity index (χ4n) is 2.43. The van der Waals surface area contributed by atoms with Crippen molar-refractivity contribution in [2.24, 2.45) is 5.92 Å². The van der Waals surface area contributed by atoms with E-state index in [0.29, 0.717) is 18.1 Å². The second kappa shape index (κ2) is 8.27. The van der Waals surface area contributed by atoms with Gasteiger partial charge in [-0.25, -0.2) is 0 Å². The van der Waals surface area contributed by atoms with E-state index in [1.807, 2.05) is 0 Å². The van der Waals surface area contributed by atoms with Gasteiger partial charge in [0.2, 0.25) is 0 Å². The van der Waals surface area contributed by atoms with Crippen LogP contribution < -0.4 is 14.8 Å². The lowest BCUT2D eigenvalue weighted by molar-refractivity contribution is -0.0520. The first-order valence-electron chi connectivity index (χ1n) is 8.17. The summed E-state index contributed by atoms with van der Waals surface area (Å²) in [6.07, 6.45) is 4.75. The maximum Gasteiger partial charge on any atom is 0.387 e. The molecule has 27 heavy (non-hydrogen) atoms. The molecule has 0 radical (unpaired) electrons. The third kappa shape index (κ3) is 4.99. The molecule has 0 bridgehead atoms. The summed E-state index contributed by atoms with van der Waals surface area (Å²) >= 11 is 12.0. The Morgan fingerprint density at radius 2 is 1.96 bits per heavy atom. The van der Waals surface area contributed by atoms with Gasteiger partial charge >= 0.3 is 6.61 Å². The molecule has 9 heteroatoms. The maximum atomic E-state index is 12.7. The summed E-state index contributed by atoms with van der Waals surface area (Å²) in [5.74, 6) is -0.106. The van der Waals surface area contributed by atoms with Crippen molar-refractivity contribution in [3.05, 3.63) is 45.7 Å². The summed E-state index contributed by atoms with van der Waals surface area (Å²) in [5.41, 5.74) is 0.758. The highest BCUT2D eigenvalue weighted by Crippen LogP contribution is 2.37. The van der Waals surface area contributed by atoms with Crippen LogP contribution in [0.5, 0.6) is 11.5 Å². The minimum atomic E-state index is -3.00. The van der Waals surface area contributed by atoms with E-state index in [1.165, 1.54) is 24.5 Å². The molecule has 1 fully saturated rings. The number of carbonyl (C=O) groups is 1. The van der Waals surface area contributed by atoms with Crippen LogP contribution in [0.4, 0.5) is 14.5 Å². The zero-order valence-corrected chi connectivity index (χ0v) is 15.8. The fraction of sp³-hybridized carbons (Fsp3) is 0.333. The van der Waals surface area contributed by atoms with Crippen molar-refractivity contribution in [1.29, 1.82) is 0 Å². The van der Waals surface area contributed by atoms with Crippen molar-refractivity contribution in [2.45, 2.75) is 26.4 Å². The number of rotatable bonds is 7. The van der Waals surface area contributed by atoms with Gasteiger partial charge in [0.15, 0.2) is 11.5 Å². The highest BCUT2D eigenvalue weighted by Gasteiger charge is 2.24. The molecule has 1 aliphatic rings. The minimum Gasteiger partial charge on any atom is -0.489 e. The molecule has 1 heterocycles. The van der Waals surface area contributed by atoms with E-state index in [0.717, 1.165) is 12.8 Å². The first-order chi connectivity index (χ1) is 12.8. The molecule has 0 atom stereocenters. The molecule has 1 aromatic heterocycles. The second-order valence-electron chi connectivity index (χ2n) is 6.19. The summed E-state index contributed by atoms with van der Waals surface area (Å²) in [6, 6.07) is 2.80. The van der Waals surface area contributed by atoms with Crippen LogP contribution >= 0.6 is 23.2 Å². The van der Waals surface area contributed by atoms with Gasteiger partial charge < -0.3 is 14.8 Å². The van der Waals surface area contributed by atoms with Crippen molar-refractivity contribution in [3.8, 4) is 11.5 Å². The molecule has 0 aliphatic heterocycles. The molecule has 0 saturated heterocycles. The van der Waals surface area contributed by atoms with Crippen LogP contribution in [0.25, 0.3) is 0 Å². The number of nitrogens with zero attached hydrogens (tertiary/aromatic N) is 1. The SMILES string of the molecule is Cc1cc(C(=O)Nc2c(Cl)cncc2Cl)cc(OCC2CC2)c1OC(F)F. The Bertz CT molecular complexity index is 840. The predicted molar refractivity (Wildman–Crippen MR) is 98.2 cm³/mol. The zero-order valence-electron chi connectivity index (χ0n) is 14.3. The van der Waals surface area contributed by atoms with E-state index in [9.17, 15) is 13.6 Å². The Labute approximate surface area is 164 Å². The predicted octanol–water partition coefficient (Wildman–Crippen LogP) is 5.34. The van der Waals surface area contributed by atoms with Gasteiger partial charge in [0.1, 0.15) is 0 Å². The lowest BCUT2D eigenvalue weighted by atomic mass is 10.1. The highest BCUT2D eigenvalue weighted by atomic mass is 35.5. The third-order valence-electron chi connectivity index (χ3n) is 3.97. The summed E-state index contributed by atoms with van der Waals surface area (Å²) in [5, 5.41) is 2.95. The number of alkyl halides is 2. The molecular weight excluding hydrogens is 401 g/mol. The maximum absolute atomic E-state index is 12.7. The zero-order chi connectivity index (χ0) is 19.6. The number of ether oxygens (including phenoxy) is 2. The molecule has 3 rings (SSSR count). The number of carbonyl (C=O) groups excluding carboxylic acids is 1. The Morgan fingerprint density at radius 3 is 2.56 bits per heavy atom. The number of hydrogen-bond acceptors (Lipinski definition) is 4. The summed E-state index contributed by atoms with van der Waals surface area (Å²) in [4.78, 5) is 16.4. The van der Waals surface area contributed by atoms with Gasteiger partial charge in [-0.15, -0.1) is 0 Å². The van der Waals surface area contributed by atoms with Gasteiger partial charge in [-0.05, 0) is 43.4 Å². The Balaban J connectivity index is 1.88. The molecule has 0 spiro atoms. The van der Waals surface area contributed by atoms with Crippen molar-refractivity contribution in [3.63, 3.8) is 0 Å². The first-order valence-corrected chi connectivity index (χ1v) is 8.93. The van der Waals surface area contributed by atoms with Gasteiger partial charge in [0.05, 0.1) is 22.3 Å². The minimum absolute atomic E-state index is 0.0813. The Kier molecular flexibility index (Phi) is 6.01. The number of benzene rings is 1. The smallest absolute Gasteiger partial charge is 0.387 e. The summed E-state index contributed by atoms with van der Waals surface area (Å²) < 4.78 is 35.7. The molecule has 1 aromatic carbocycles. The average Bonchev–Trinajstić information content (AvgIpc) is 3.42. The molecule has 0 unspecified atom stereocenters. The number of hydrogen-bond donors (Lipinski definition) is 1. The highest BCUT2D eigenvalue weighted by molar-refractivity contribution is 6.39. The van der Waals surface area contributed by atoms with Crippen molar-refractivity contribution in [1.82, 2.24) is 4.98 Å². The van der Waals surface area contributed by atoms with Crippen LogP contribution in [0, 0.1) is 12.8 Å². The van der Waals surface area contributed by atoms with Crippen LogP contribution in [0.1, 0.15) is 28.8 Å². The van der Waals surface area contributed by atoms with Crippen LogP contribution in [0.2, 0.25) is 10.0 Å². The molecule has 1 amide bonds. The van der Waals surface area contributed by atoms with Crippen LogP contribution in [-0.2, 0) is 0 Å². The molecule has 1 N–H and O–H groups in total. The standard InChI is InChI=1S/C18H16Cl2F2N2O3/c1-9-4-11(17(25)24-15-12(19)6-23-7-13(15)20)5-14(16(9)27-18(21)22)26-8-10-2-3-10/h4-7,10,18H,2-3,8H2,1H3,(H,23,24,25). The van der Waals surface area contributed by atoms with E-state index in [-0.39, 0.29) is 32.8 Å². The largest absolute Gasteiger partial charge is 0.489 e. The van der Waals surface area contributed by atoms with E-state index < -0.39 is 12.5 Å². The monoisotopic (exact) mass is 416 g/mol. The van der Waals surface area contributed by atoms with Gasteiger partial charge in [-0.3, -0.25) is 9.78 Å². The summed E-state index contributed by atoms with van der Waals surface area (Å²) in [6.45, 7) is -1.06. The van der Waals surface area contributed by atoms with Crippen LogP contribution in [-0.4, -0.2) is 24.1 Å². The number of aryl methyl sites for hydroxylation is 1. The average molecular weight is 417 g/mol. The Hall–Kier alpha value is -2.12. The van der Waals surface area contributed by atoms with Crippen molar-refractivity contribution < 1.29 is 23.0 Å². The van der Waals surface area contributed by atoms with Gasteiger partial charge in [0.25, 0.3) is 5.91 Å². The quantitative estimate of drug-likeness (QED) is 0.661.